The fourth-order valence-electron chi connectivity index (χ4n) is 2.87. The van der Waals surface area contributed by atoms with E-state index in [0.29, 0.717) is 6.04 Å². The zero-order valence-corrected chi connectivity index (χ0v) is 8.71. The summed E-state index contributed by atoms with van der Waals surface area (Å²) in [6, 6.07) is 1.49. The van der Waals surface area contributed by atoms with Crippen LogP contribution in [0.4, 0.5) is 0 Å². The van der Waals surface area contributed by atoms with Crippen molar-refractivity contribution in [2.75, 3.05) is 13.1 Å². The van der Waals surface area contributed by atoms with Gasteiger partial charge in [-0.3, -0.25) is 4.90 Å². The van der Waals surface area contributed by atoms with Gasteiger partial charge in [0.25, 0.3) is 0 Å². The molecular formula is C11H22N2. The Bertz CT molecular complexity index is 165. The zero-order valence-electron chi connectivity index (χ0n) is 8.71. The van der Waals surface area contributed by atoms with E-state index in [1.165, 1.54) is 38.6 Å². The predicted molar refractivity (Wildman–Crippen MR) is 55.6 cm³/mol. The van der Waals surface area contributed by atoms with Crippen LogP contribution in [0.5, 0.6) is 0 Å². The van der Waals surface area contributed by atoms with Crippen LogP contribution in [0.2, 0.25) is 0 Å². The van der Waals surface area contributed by atoms with Gasteiger partial charge in [0.15, 0.2) is 0 Å². The van der Waals surface area contributed by atoms with Crippen LogP contribution < -0.4 is 5.73 Å². The van der Waals surface area contributed by atoms with Crippen LogP contribution in [0.25, 0.3) is 0 Å². The first-order valence-corrected chi connectivity index (χ1v) is 5.78. The molecule has 2 fully saturated rings. The lowest BCUT2D eigenvalue weighted by Gasteiger charge is -2.40. The summed E-state index contributed by atoms with van der Waals surface area (Å²) in [5, 5.41) is 0. The second kappa shape index (κ2) is 3.97. The maximum atomic E-state index is 5.88. The second-order valence-corrected chi connectivity index (χ2v) is 4.72. The minimum absolute atomic E-state index is 0.700. The Morgan fingerprint density at radius 2 is 2.08 bits per heavy atom. The average Bonchev–Trinajstić information content (AvgIpc) is 2.43. The fraction of sp³-hybridized carbons (Fsp3) is 1.00. The van der Waals surface area contributed by atoms with Crippen molar-refractivity contribution < 1.29 is 0 Å². The number of hydrogen-bond donors (Lipinski definition) is 1. The first-order valence-electron chi connectivity index (χ1n) is 5.78. The summed E-state index contributed by atoms with van der Waals surface area (Å²) in [7, 11) is 0. The normalized spacial score (nSPS) is 33.2. The molecule has 1 saturated heterocycles. The largest absolute Gasteiger partial charge is 0.329 e. The van der Waals surface area contributed by atoms with Gasteiger partial charge >= 0.3 is 0 Å². The molecular weight excluding hydrogens is 160 g/mol. The minimum Gasteiger partial charge on any atom is -0.329 e. The molecule has 2 rings (SSSR count). The molecule has 0 aromatic carbocycles. The summed E-state index contributed by atoms with van der Waals surface area (Å²) >= 11 is 0. The number of nitrogens with zero attached hydrogens (tertiary/aromatic N) is 1. The van der Waals surface area contributed by atoms with Gasteiger partial charge in [-0.1, -0.05) is 6.42 Å². The topological polar surface area (TPSA) is 29.3 Å². The first-order chi connectivity index (χ1) is 6.33. The highest BCUT2D eigenvalue weighted by Crippen LogP contribution is 2.34. The maximum absolute atomic E-state index is 5.88. The lowest BCUT2D eigenvalue weighted by Crippen LogP contribution is -2.49. The summed E-state index contributed by atoms with van der Waals surface area (Å²) in [6.45, 7) is 4.52. The highest BCUT2D eigenvalue weighted by atomic mass is 15.2. The molecule has 0 aromatic rings. The van der Waals surface area contributed by atoms with Gasteiger partial charge in [-0.05, 0) is 45.1 Å². The van der Waals surface area contributed by atoms with Gasteiger partial charge in [0.1, 0.15) is 0 Å². The standard InChI is InChI=1S/C11H22N2/c1-9-4-3-7-13(9)11(8-12)10-5-2-6-10/h9-11H,2-8,12H2,1H3. The summed E-state index contributed by atoms with van der Waals surface area (Å²) < 4.78 is 0. The number of nitrogens with two attached hydrogens (primary N) is 1. The third-order valence-electron chi connectivity index (χ3n) is 3.97. The van der Waals surface area contributed by atoms with E-state index in [4.69, 9.17) is 5.73 Å². The van der Waals surface area contributed by atoms with Crippen molar-refractivity contribution in [1.82, 2.24) is 4.90 Å². The molecule has 13 heavy (non-hydrogen) atoms. The number of rotatable bonds is 3. The smallest absolute Gasteiger partial charge is 0.0249 e. The van der Waals surface area contributed by atoms with Gasteiger partial charge in [0.2, 0.25) is 0 Å². The van der Waals surface area contributed by atoms with Gasteiger partial charge < -0.3 is 5.73 Å². The van der Waals surface area contributed by atoms with E-state index in [1.54, 1.807) is 0 Å². The van der Waals surface area contributed by atoms with Gasteiger partial charge in [-0.2, -0.15) is 0 Å². The quantitative estimate of drug-likeness (QED) is 0.718. The van der Waals surface area contributed by atoms with Crippen LogP contribution in [0.1, 0.15) is 39.0 Å². The Hall–Kier alpha value is -0.0800. The maximum Gasteiger partial charge on any atom is 0.0249 e. The van der Waals surface area contributed by atoms with Crippen LogP contribution in [0.3, 0.4) is 0 Å². The summed E-state index contributed by atoms with van der Waals surface area (Å²) in [4.78, 5) is 2.66. The third kappa shape index (κ3) is 1.75. The number of likely N-dealkylation sites (tertiary alicyclic amines) is 1. The monoisotopic (exact) mass is 182 g/mol. The van der Waals surface area contributed by atoms with Gasteiger partial charge in [0.05, 0.1) is 0 Å². The predicted octanol–water partition coefficient (Wildman–Crippen LogP) is 1.60. The van der Waals surface area contributed by atoms with E-state index >= 15 is 0 Å². The molecule has 76 valence electrons. The first kappa shape index (κ1) is 9.47. The molecule has 1 saturated carbocycles. The Labute approximate surface area is 81.5 Å². The molecule has 0 aromatic heterocycles. The van der Waals surface area contributed by atoms with Crippen molar-refractivity contribution in [3.8, 4) is 0 Å². The van der Waals surface area contributed by atoms with E-state index in [1.807, 2.05) is 0 Å². The van der Waals surface area contributed by atoms with Crippen LogP contribution >= 0.6 is 0 Å². The SMILES string of the molecule is CC1CCCN1C(CN)C1CCC1. The van der Waals surface area contributed by atoms with E-state index in [0.717, 1.165) is 18.5 Å². The molecule has 0 radical (unpaired) electrons. The summed E-state index contributed by atoms with van der Waals surface area (Å²) in [5.41, 5.74) is 5.88. The average molecular weight is 182 g/mol. The van der Waals surface area contributed by atoms with E-state index in [9.17, 15) is 0 Å². The Balaban J connectivity index is 1.94. The molecule has 0 spiro atoms. The lowest BCUT2D eigenvalue weighted by atomic mass is 9.79. The van der Waals surface area contributed by atoms with E-state index in [-0.39, 0.29) is 0 Å². The van der Waals surface area contributed by atoms with Gasteiger partial charge in [-0.15, -0.1) is 0 Å². The molecule has 2 heteroatoms. The second-order valence-electron chi connectivity index (χ2n) is 4.72. The van der Waals surface area contributed by atoms with Crippen LogP contribution in [-0.2, 0) is 0 Å². The van der Waals surface area contributed by atoms with Crippen molar-refractivity contribution in [3.05, 3.63) is 0 Å². The van der Waals surface area contributed by atoms with E-state index in [2.05, 4.69) is 11.8 Å². The fourth-order valence-corrected chi connectivity index (χ4v) is 2.87. The van der Waals surface area contributed by atoms with Gasteiger partial charge in [-0.25, -0.2) is 0 Å². The van der Waals surface area contributed by atoms with Crippen molar-refractivity contribution in [2.45, 2.75) is 51.1 Å². The molecule has 1 heterocycles. The van der Waals surface area contributed by atoms with E-state index < -0.39 is 0 Å². The highest BCUT2D eigenvalue weighted by molar-refractivity contribution is 4.90. The highest BCUT2D eigenvalue weighted by Gasteiger charge is 2.34. The molecule has 2 N–H and O–H groups in total. The minimum atomic E-state index is 0.700. The Morgan fingerprint density at radius 3 is 2.46 bits per heavy atom. The van der Waals surface area contributed by atoms with Crippen molar-refractivity contribution in [2.24, 2.45) is 11.7 Å². The third-order valence-corrected chi connectivity index (χ3v) is 3.97. The molecule has 2 atom stereocenters. The van der Waals surface area contributed by atoms with Crippen molar-refractivity contribution >= 4 is 0 Å². The van der Waals surface area contributed by atoms with Crippen molar-refractivity contribution in [1.29, 1.82) is 0 Å². The molecule has 1 aliphatic heterocycles. The molecule has 2 nitrogen and oxygen atoms in total. The molecule has 0 bridgehead atoms. The Kier molecular flexibility index (Phi) is 2.89. The van der Waals surface area contributed by atoms with Crippen molar-refractivity contribution in [3.63, 3.8) is 0 Å². The molecule has 0 amide bonds. The summed E-state index contributed by atoms with van der Waals surface area (Å²) in [6.07, 6.45) is 7.03. The van der Waals surface area contributed by atoms with Crippen LogP contribution in [-0.4, -0.2) is 30.1 Å². The Morgan fingerprint density at radius 1 is 1.31 bits per heavy atom. The van der Waals surface area contributed by atoms with Crippen LogP contribution in [0, 0.1) is 5.92 Å². The molecule has 1 aliphatic carbocycles. The van der Waals surface area contributed by atoms with Crippen LogP contribution in [0.15, 0.2) is 0 Å². The summed E-state index contributed by atoms with van der Waals surface area (Å²) in [5.74, 6) is 0.922. The zero-order chi connectivity index (χ0) is 9.26. The molecule has 2 unspecified atom stereocenters. The number of hydrogen-bond acceptors (Lipinski definition) is 2. The lowest BCUT2D eigenvalue weighted by molar-refractivity contribution is 0.0956. The van der Waals surface area contributed by atoms with Gasteiger partial charge in [0, 0.05) is 18.6 Å². The molecule has 2 aliphatic rings.